The van der Waals surface area contributed by atoms with Crippen molar-refractivity contribution < 1.29 is 0 Å². The first-order chi connectivity index (χ1) is 6.36. The summed E-state index contributed by atoms with van der Waals surface area (Å²) in [6.07, 6.45) is 7.03. The molecule has 1 aromatic rings. The zero-order valence-corrected chi connectivity index (χ0v) is 7.64. The molecule has 13 heavy (non-hydrogen) atoms. The summed E-state index contributed by atoms with van der Waals surface area (Å²) in [5, 5.41) is 0. The normalized spacial score (nSPS) is 21.3. The van der Waals surface area contributed by atoms with Crippen molar-refractivity contribution in [2.75, 3.05) is 0 Å². The van der Waals surface area contributed by atoms with E-state index in [0.717, 1.165) is 17.8 Å². The lowest BCUT2D eigenvalue weighted by atomic mass is 10.1. The number of rotatable bonds is 1. The van der Waals surface area contributed by atoms with Gasteiger partial charge in [-0.25, -0.2) is 0 Å². The van der Waals surface area contributed by atoms with E-state index in [0.29, 0.717) is 6.04 Å². The molecule has 1 aliphatic heterocycles. The SMILES string of the molecule is CC1CC=CC(c2ccccn2)=N1. The predicted octanol–water partition coefficient (Wildman–Crippen LogP) is 2.22. The van der Waals surface area contributed by atoms with E-state index in [-0.39, 0.29) is 0 Å². The summed E-state index contributed by atoms with van der Waals surface area (Å²) >= 11 is 0. The summed E-state index contributed by atoms with van der Waals surface area (Å²) in [6.45, 7) is 2.12. The van der Waals surface area contributed by atoms with Gasteiger partial charge in [0.2, 0.25) is 0 Å². The molecule has 0 amide bonds. The quantitative estimate of drug-likeness (QED) is 0.637. The summed E-state index contributed by atoms with van der Waals surface area (Å²) in [4.78, 5) is 8.77. The van der Waals surface area contributed by atoms with Gasteiger partial charge in [0.25, 0.3) is 0 Å². The molecule has 0 aromatic carbocycles. The van der Waals surface area contributed by atoms with Crippen LogP contribution in [-0.4, -0.2) is 16.7 Å². The van der Waals surface area contributed by atoms with Crippen LogP contribution in [-0.2, 0) is 0 Å². The van der Waals surface area contributed by atoms with E-state index in [1.807, 2.05) is 24.3 Å². The van der Waals surface area contributed by atoms with E-state index < -0.39 is 0 Å². The minimum absolute atomic E-state index is 0.391. The van der Waals surface area contributed by atoms with Gasteiger partial charge in [-0.2, -0.15) is 0 Å². The van der Waals surface area contributed by atoms with E-state index in [9.17, 15) is 0 Å². The number of dihydropyridines is 1. The molecule has 1 aromatic heterocycles. The highest BCUT2D eigenvalue weighted by Gasteiger charge is 2.07. The average Bonchev–Trinajstić information content (AvgIpc) is 2.19. The van der Waals surface area contributed by atoms with E-state index >= 15 is 0 Å². The molecule has 2 nitrogen and oxygen atoms in total. The van der Waals surface area contributed by atoms with E-state index in [1.54, 1.807) is 6.20 Å². The van der Waals surface area contributed by atoms with Gasteiger partial charge in [-0.15, -0.1) is 0 Å². The van der Waals surface area contributed by atoms with Crippen LogP contribution in [0.25, 0.3) is 0 Å². The Morgan fingerprint density at radius 3 is 3.00 bits per heavy atom. The standard InChI is InChI=1S/C11H12N2/c1-9-5-4-7-11(13-9)10-6-2-3-8-12-10/h2-4,6-9H,5H2,1H3. The van der Waals surface area contributed by atoms with Gasteiger partial charge in [0.1, 0.15) is 0 Å². The van der Waals surface area contributed by atoms with Gasteiger partial charge in [0.15, 0.2) is 0 Å². The van der Waals surface area contributed by atoms with Crippen molar-refractivity contribution in [3.63, 3.8) is 0 Å². The molecule has 0 aliphatic carbocycles. The molecular formula is C11H12N2. The van der Waals surface area contributed by atoms with Crippen LogP contribution in [0.2, 0.25) is 0 Å². The average molecular weight is 172 g/mol. The first-order valence-corrected chi connectivity index (χ1v) is 4.52. The lowest BCUT2D eigenvalue weighted by molar-refractivity contribution is 0.752. The molecule has 0 saturated carbocycles. The molecule has 2 rings (SSSR count). The van der Waals surface area contributed by atoms with Crippen molar-refractivity contribution in [1.29, 1.82) is 0 Å². The van der Waals surface area contributed by atoms with Gasteiger partial charge < -0.3 is 0 Å². The number of allylic oxidation sites excluding steroid dienone is 1. The number of nitrogens with zero attached hydrogens (tertiary/aromatic N) is 2. The predicted molar refractivity (Wildman–Crippen MR) is 54.0 cm³/mol. The van der Waals surface area contributed by atoms with Gasteiger partial charge in [-0.1, -0.05) is 12.1 Å². The van der Waals surface area contributed by atoms with Crippen LogP contribution >= 0.6 is 0 Å². The van der Waals surface area contributed by atoms with Crippen LogP contribution in [0.15, 0.2) is 41.5 Å². The summed E-state index contributed by atoms with van der Waals surface area (Å²) in [6, 6.07) is 6.28. The zero-order valence-electron chi connectivity index (χ0n) is 7.64. The maximum absolute atomic E-state index is 4.52. The third-order valence-corrected chi connectivity index (χ3v) is 2.04. The number of pyridine rings is 1. The molecule has 2 heterocycles. The van der Waals surface area contributed by atoms with Crippen molar-refractivity contribution >= 4 is 5.71 Å². The Bertz CT molecular complexity index is 338. The van der Waals surface area contributed by atoms with E-state index in [4.69, 9.17) is 0 Å². The van der Waals surface area contributed by atoms with Crippen molar-refractivity contribution in [2.45, 2.75) is 19.4 Å². The van der Waals surface area contributed by atoms with E-state index in [1.165, 1.54) is 0 Å². The van der Waals surface area contributed by atoms with Crippen LogP contribution in [0.1, 0.15) is 19.0 Å². The van der Waals surface area contributed by atoms with Crippen molar-refractivity contribution in [2.24, 2.45) is 4.99 Å². The van der Waals surface area contributed by atoms with Crippen LogP contribution in [0.3, 0.4) is 0 Å². The first kappa shape index (κ1) is 8.17. The van der Waals surface area contributed by atoms with Crippen molar-refractivity contribution in [1.82, 2.24) is 4.98 Å². The van der Waals surface area contributed by atoms with Crippen LogP contribution in [0, 0.1) is 0 Å². The van der Waals surface area contributed by atoms with Gasteiger partial charge in [0.05, 0.1) is 17.4 Å². The number of aliphatic imine (C=N–C) groups is 1. The highest BCUT2D eigenvalue weighted by atomic mass is 14.8. The first-order valence-electron chi connectivity index (χ1n) is 4.52. The molecule has 66 valence electrons. The third-order valence-electron chi connectivity index (χ3n) is 2.04. The Morgan fingerprint density at radius 1 is 1.38 bits per heavy atom. The lowest BCUT2D eigenvalue weighted by Gasteiger charge is -2.10. The molecule has 0 radical (unpaired) electrons. The van der Waals surface area contributed by atoms with Gasteiger partial charge in [-0.3, -0.25) is 9.98 Å². The summed E-state index contributed by atoms with van der Waals surface area (Å²) in [5.41, 5.74) is 1.96. The fourth-order valence-electron chi connectivity index (χ4n) is 1.38. The molecule has 0 saturated heterocycles. The van der Waals surface area contributed by atoms with Crippen molar-refractivity contribution in [3.8, 4) is 0 Å². The van der Waals surface area contributed by atoms with Crippen LogP contribution in [0.5, 0.6) is 0 Å². The van der Waals surface area contributed by atoms with Crippen molar-refractivity contribution in [3.05, 3.63) is 42.2 Å². The highest BCUT2D eigenvalue weighted by Crippen LogP contribution is 2.09. The van der Waals surface area contributed by atoms with Crippen LogP contribution in [0.4, 0.5) is 0 Å². The fraction of sp³-hybridized carbons (Fsp3) is 0.273. The summed E-state index contributed by atoms with van der Waals surface area (Å²) in [5.74, 6) is 0. The topological polar surface area (TPSA) is 25.2 Å². The third kappa shape index (κ3) is 1.83. The monoisotopic (exact) mass is 172 g/mol. The largest absolute Gasteiger partial charge is 0.280 e. The van der Waals surface area contributed by atoms with E-state index in [2.05, 4.69) is 23.0 Å². The Kier molecular flexibility index (Phi) is 2.21. The Labute approximate surface area is 78.0 Å². The van der Waals surface area contributed by atoms with Gasteiger partial charge >= 0.3 is 0 Å². The molecule has 0 N–H and O–H groups in total. The number of hydrogen-bond acceptors (Lipinski definition) is 2. The fourth-order valence-corrected chi connectivity index (χ4v) is 1.38. The lowest BCUT2D eigenvalue weighted by Crippen LogP contribution is -2.09. The maximum atomic E-state index is 4.52. The second-order valence-corrected chi connectivity index (χ2v) is 3.22. The summed E-state index contributed by atoms with van der Waals surface area (Å²) in [7, 11) is 0. The Hall–Kier alpha value is -1.44. The van der Waals surface area contributed by atoms with Crippen LogP contribution < -0.4 is 0 Å². The van der Waals surface area contributed by atoms with Gasteiger partial charge in [-0.05, 0) is 31.6 Å². The molecule has 1 unspecified atom stereocenters. The molecule has 1 atom stereocenters. The Morgan fingerprint density at radius 2 is 2.31 bits per heavy atom. The zero-order chi connectivity index (χ0) is 9.10. The molecule has 0 fully saturated rings. The second-order valence-electron chi connectivity index (χ2n) is 3.22. The Balaban J connectivity index is 2.32. The highest BCUT2D eigenvalue weighted by molar-refractivity contribution is 6.07. The van der Waals surface area contributed by atoms with Gasteiger partial charge in [0, 0.05) is 6.20 Å². The summed E-state index contributed by atoms with van der Waals surface area (Å²) < 4.78 is 0. The smallest absolute Gasteiger partial charge is 0.0881 e. The minimum atomic E-state index is 0.391. The molecule has 0 spiro atoms. The molecular weight excluding hydrogens is 160 g/mol. The second kappa shape index (κ2) is 3.52. The molecule has 1 aliphatic rings. The number of hydrogen-bond donors (Lipinski definition) is 0. The molecule has 2 heteroatoms. The minimum Gasteiger partial charge on any atom is -0.280 e. The molecule has 0 bridgehead atoms. The maximum Gasteiger partial charge on any atom is 0.0881 e. The number of aromatic nitrogens is 1.